The number of carbonyl (C=O) groups is 1. The second-order valence-electron chi connectivity index (χ2n) is 6.78. The Labute approximate surface area is 134 Å². The summed E-state index contributed by atoms with van der Waals surface area (Å²) in [5, 5.41) is 29.0. The summed E-state index contributed by atoms with van der Waals surface area (Å²) < 4.78 is 0. The van der Waals surface area contributed by atoms with Crippen LogP contribution in [0.25, 0.3) is 0 Å². The molecule has 5 nitrogen and oxygen atoms in total. The normalized spacial score (nSPS) is 23.2. The van der Waals surface area contributed by atoms with E-state index in [0.717, 1.165) is 12.1 Å². The molecule has 0 aromatic carbocycles. The lowest BCUT2D eigenvalue weighted by Crippen LogP contribution is -2.40. The van der Waals surface area contributed by atoms with E-state index in [1.54, 1.807) is 0 Å². The van der Waals surface area contributed by atoms with Crippen LogP contribution < -0.4 is 5.32 Å². The number of carboxylic acids is 1. The number of nitrogens with one attached hydrogen (secondary N) is 1. The third kappa shape index (κ3) is 8.71. The fraction of sp³-hybridized carbons (Fsp3) is 0.941. The SMILES string of the molecule is C1CCC(NC2CCCCC2)CC1.CC(O)CC(O)C(=O)O. The maximum atomic E-state index is 9.87. The maximum absolute atomic E-state index is 9.87. The van der Waals surface area contributed by atoms with Gasteiger partial charge in [-0.2, -0.15) is 0 Å². The quantitative estimate of drug-likeness (QED) is 0.626. The number of hydrogen-bond acceptors (Lipinski definition) is 4. The van der Waals surface area contributed by atoms with E-state index >= 15 is 0 Å². The Morgan fingerprint density at radius 3 is 1.64 bits per heavy atom. The Morgan fingerprint density at radius 2 is 1.36 bits per heavy atom. The van der Waals surface area contributed by atoms with Crippen LogP contribution in [0.1, 0.15) is 77.6 Å². The van der Waals surface area contributed by atoms with E-state index in [-0.39, 0.29) is 6.42 Å². The molecule has 130 valence electrons. The molecule has 4 N–H and O–H groups in total. The number of aliphatic hydroxyl groups is 2. The van der Waals surface area contributed by atoms with Gasteiger partial charge < -0.3 is 20.6 Å². The van der Waals surface area contributed by atoms with Gasteiger partial charge in [-0.15, -0.1) is 0 Å². The highest BCUT2D eigenvalue weighted by atomic mass is 16.4. The Balaban J connectivity index is 0.000000239. The Kier molecular flexibility index (Phi) is 9.68. The largest absolute Gasteiger partial charge is 0.479 e. The standard InChI is InChI=1S/C12H23N.C5H10O4/c1-3-7-11(8-4-1)13-12-9-5-2-6-10-12;1-3(6)2-4(7)5(8)9/h11-13H,1-10H2;3-4,6-7H,2H2,1H3,(H,8,9). The van der Waals surface area contributed by atoms with Crippen molar-refractivity contribution in [1.82, 2.24) is 5.32 Å². The first-order valence-electron chi connectivity index (χ1n) is 8.84. The lowest BCUT2D eigenvalue weighted by molar-refractivity contribution is -0.148. The highest BCUT2D eigenvalue weighted by Crippen LogP contribution is 2.22. The van der Waals surface area contributed by atoms with E-state index in [9.17, 15) is 4.79 Å². The van der Waals surface area contributed by atoms with Crippen molar-refractivity contribution in [2.75, 3.05) is 0 Å². The summed E-state index contributed by atoms with van der Waals surface area (Å²) in [5.74, 6) is -1.30. The minimum absolute atomic E-state index is 0.116. The molecule has 0 heterocycles. The summed E-state index contributed by atoms with van der Waals surface area (Å²) in [6, 6.07) is 1.74. The van der Waals surface area contributed by atoms with Crippen LogP contribution in [0.2, 0.25) is 0 Å². The van der Waals surface area contributed by atoms with Crippen molar-refractivity contribution in [2.45, 2.75) is 102 Å². The fourth-order valence-corrected chi connectivity index (χ4v) is 3.30. The molecule has 2 fully saturated rings. The minimum atomic E-state index is -1.44. The first kappa shape index (κ1) is 19.4. The van der Waals surface area contributed by atoms with E-state index in [1.807, 2.05) is 0 Å². The monoisotopic (exact) mass is 315 g/mol. The highest BCUT2D eigenvalue weighted by molar-refractivity contribution is 5.71. The summed E-state index contributed by atoms with van der Waals surface area (Å²) in [6.07, 6.45) is 12.2. The molecule has 0 amide bonds. The summed E-state index contributed by atoms with van der Waals surface area (Å²) >= 11 is 0. The van der Waals surface area contributed by atoms with Gasteiger partial charge in [0.15, 0.2) is 6.10 Å². The van der Waals surface area contributed by atoms with Gasteiger partial charge >= 0.3 is 5.97 Å². The van der Waals surface area contributed by atoms with E-state index in [0.29, 0.717) is 0 Å². The van der Waals surface area contributed by atoms with Crippen LogP contribution in [0.3, 0.4) is 0 Å². The molecular formula is C17H33NO4. The first-order chi connectivity index (χ1) is 10.5. The first-order valence-corrected chi connectivity index (χ1v) is 8.84. The topological polar surface area (TPSA) is 89.8 Å². The number of aliphatic hydroxyl groups excluding tert-OH is 2. The van der Waals surface area contributed by atoms with Crippen LogP contribution >= 0.6 is 0 Å². The van der Waals surface area contributed by atoms with Crippen molar-refractivity contribution in [3.8, 4) is 0 Å². The minimum Gasteiger partial charge on any atom is -0.479 e. The second kappa shape index (κ2) is 11.0. The van der Waals surface area contributed by atoms with Crippen molar-refractivity contribution in [1.29, 1.82) is 0 Å². The maximum Gasteiger partial charge on any atom is 0.332 e. The Hall–Kier alpha value is -0.650. The van der Waals surface area contributed by atoms with Gasteiger partial charge in [0.1, 0.15) is 0 Å². The van der Waals surface area contributed by atoms with Crippen LogP contribution in [0.5, 0.6) is 0 Å². The molecule has 2 aliphatic rings. The van der Waals surface area contributed by atoms with Gasteiger partial charge in [-0.25, -0.2) is 4.79 Å². The molecule has 2 saturated carbocycles. The van der Waals surface area contributed by atoms with Crippen LogP contribution in [-0.4, -0.2) is 45.6 Å². The molecule has 5 heteroatoms. The predicted molar refractivity (Wildman–Crippen MR) is 86.8 cm³/mol. The molecule has 0 aromatic heterocycles. The van der Waals surface area contributed by atoms with Crippen LogP contribution in [-0.2, 0) is 4.79 Å². The van der Waals surface area contributed by atoms with Gasteiger partial charge in [-0.05, 0) is 32.6 Å². The smallest absolute Gasteiger partial charge is 0.332 e. The molecule has 0 radical (unpaired) electrons. The highest BCUT2D eigenvalue weighted by Gasteiger charge is 2.19. The lowest BCUT2D eigenvalue weighted by atomic mass is 9.91. The van der Waals surface area contributed by atoms with Gasteiger partial charge in [0, 0.05) is 18.5 Å². The van der Waals surface area contributed by atoms with Crippen molar-refractivity contribution < 1.29 is 20.1 Å². The zero-order chi connectivity index (χ0) is 16.4. The Morgan fingerprint density at radius 1 is 0.955 bits per heavy atom. The van der Waals surface area contributed by atoms with Crippen molar-refractivity contribution >= 4 is 5.97 Å². The molecule has 0 aromatic rings. The summed E-state index contributed by atoms with van der Waals surface area (Å²) in [7, 11) is 0. The summed E-state index contributed by atoms with van der Waals surface area (Å²) in [5.41, 5.74) is 0. The van der Waals surface area contributed by atoms with E-state index < -0.39 is 18.2 Å². The number of carboxylic acid groups (broad SMARTS) is 1. The van der Waals surface area contributed by atoms with Crippen LogP contribution in [0, 0.1) is 0 Å². The van der Waals surface area contributed by atoms with E-state index in [2.05, 4.69) is 5.32 Å². The average Bonchev–Trinajstić information content (AvgIpc) is 2.49. The Bertz CT molecular complexity index is 281. The zero-order valence-corrected chi connectivity index (χ0v) is 13.8. The predicted octanol–water partition coefficient (Wildman–Crippen LogP) is 2.44. The van der Waals surface area contributed by atoms with Gasteiger partial charge in [-0.1, -0.05) is 38.5 Å². The van der Waals surface area contributed by atoms with Gasteiger partial charge in [-0.3, -0.25) is 0 Å². The van der Waals surface area contributed by atoms with E-state index in [1.165, 1.54) is 71.1 Å². The molecule has 2 aliphatic carbocycles. The molecule has 0 aliphatic heterocycles. The molecule has 2 rings (SSSR count). The molecule has 22 heavy (non-hydrogen) atoms. The van der Waals surface area contributed by atoms with Gasteiger partial charge in [0.25, 0.3) is 0 Å². The summed E-state index contributed by atoms with van der Waals surface area (Å²) in [4.78, 5) is 9.87. The molecule has 2 unspecified atom stereocenters. The average molecular weight is 315 g/mol. The molecule has 0 saturated heterocycles. The van der Waals surface area contributed by atoms with Crippen molar-refractivity contribution in [2.24, 2.45) is 0 Å². The molecule has 0 bridgehead atoms. The third-order valence-electron chi connectivity index (χ3n) is 4.53. The van der Waals surface area contributed by atoms with Gasteiger partial charge in [0.2, 0.25) is 0 Å². The van der Waals surface area contributed by atoms with Crippen LogP contribution in [0.15, 0.2) is 0 Å². The lowest BCUT2D eigenvalue weighted by Gasteiger charge is -2.30. The van der Waals surface area contributed by atoms with Crippen molar-refractivity contribution in [3.63, 3.8) is 0 Å². The fourth-order valence-electron chi connectivity index (χ4n) is 3.30. The second-order valence-corrected chi connectivity index (χ2v) is 6.78. The van der Waals surface area contributed by atoms with Crippen LogP contribution in [0.4, 0.5) is 0 Å². The number of rotatable bonds is 5. The number of aliphatic carboxylic acids is 1. The molecule has 2 atom stereocenters. The summed E-state index contributed by atoms with van der Waals surface area (Å²) in [6.45, 7) is 1.42. The molecular weight excluding hydrogens is 282 g/mol. The van der Waals surface area contributed by atoms with Crippen molar-refractivity contribution in [3.05, 3.63) is 0 Å². The zero-order valence-electron chi connectivity index (χ0n) is 13.8. The van der Waals surface area contributed by atoms with E-state index in [4.69, 9.17) is 15.3 Å². The third-order valence-corrected chi connectivity index (χ3v) is 4.53. The molecule has 0 spiro atoms. The van der Waals surface area contributed by atoms with Gasteiger partial charge in [0.05, 0.1) is 6.10 Å². The number of hydrogen-bond donors (Lipinski definition) is 4.